The van der Waals surface area contributed by atoms with Gasteiger partial charge in [0.15, 0.2) is 0 Å². The van der Waals surface area contributed by atoms with Crippen LogP contribution in [0.1, 0.15) is 46.5 Å². The molecular formula is C23H35N3O6S. The molecule has 1 aromatic carbocycles. The van der Waals surface area contributed by atoms with Crippen LogP contribution in [0.25, 0.3) is 0 Å². The minimum atomic E-state index is -3.68. The van der Waals surface area contributed by atoms with Gasteiger partial charge >= 0.3 is 6.09 Å². The molecule has 2 aliphatic rings. The third-order valence-corrected chi connectivity index (χ3v) is 7.84. The monoisotopic (exact) mass is 481 g/mol. The Morgan fingerprint density at radius 2 is 1.67 bits per heavy atom. The van der Waals surface area contributed by atoms with Gasteiger partial charge in [-0.15, -0.1) is 0 Å². The van der Waals surface area contributed by atoms with Crippen molar-refractivity contribution >= 4 is 22.0 Å². The fourth-order valence-electron chi connectivity index (χ4n) is 4.24. The van der Waals surface area contributed by atoms with E-state index in [0.29, 0.717) is 51.1 Å². The quantitative estimate of drug-likeness (QED) is 0.693. The maximum atomic E-state index is 13.1. The first kappa shape index (κ1) is 25.3. The molecule has 1 atom stereocenters. The van der Waals surface area contributed by atoms with Gasteiger partial charge in [-0.05, 0) is 70.7 Å². The number of benzene rings is 1. The number of nitrogens with zero attached hydrogens (tertiary/aromatic N) is 2. The van der Waals surface area contributed by atoms with Crippen LogP contribution >= 0.6 is 0 Å². The summed E-state index contributed by atoms with van der Waals surface area (Å²) in [6, 6.07) is 6.26. The van der Waals surface area contributed by atoms with E-state index in [2.05, 4.69) is 5.32 Å². The van der Waals surface area contributed by atoms with Crippen LogP contribution in [0.3, 0.4) is 0 Å². The van der Waals surface area contributed by atoms with Gasteiger partial charge in [-0.3, -0.25) is 4.79 Å². The van der Waals surface area contributed by atoms with Gasteiger partial charge < -0.3 is 19.7 Å². The fraction of sp³-hybridized carbons (Fsp3) is 0.652. The van der Waals surface area contributed by atoms with Crippen molar-refractivity contribution in [3.63, 3.8) is 0 Å². The molecule has 0 bridgehead atoms. The third kappa shape index (κ3) is 6.60. The molecule has 1 N–H and O–H groups in total. The third-order valence-electron chi connectivity index (χ3n) is 5.96. The highest BCUT2D eigenvalue weighted by molar-refractivity contribution is 7.89. The highest BCUT2D eigenvalue weighted by atomic mass is 32.2. The second-order valence-electron chi connectivity index (χ2n) is 9.62. The Hall–Kier alpha value is -2.33. The lowest BCUT2D eigenvalue weighted by molar-refractivity contribution is -0.137. The average molecular weight is 482 g/mol. The molecule has 2 saturated heterocycles. The number of likely N-dealkylation sites (tertiary alicyclic amines) is 1. The van der Waals surface area contributed by atoms with Crippen molar-refractivity contribution in [2.45, 2.75) is 63.0 Å². The van der Waals surface area contributed by atoms with Crippen LogP contribution in [0.15, 0.2) is 29.2 Å². The van der Waals surface area contributed by atoms with Crippen molar-refractivity contribution in [1.29, 1.82) is 0 Å². The molecule has 3 rings (SSSR count). The number of carbonyl (C=O) groups excluding carboxylic acids is 2. The lowest BCUT2D eigenvalue weighted by atomic mass is 9.96. The van der Waals surface area contributed by atoms with Crippen molar-refractivity contribution in [2.75, 3.05) is 33.3 Å². The van der Waals surface area contributed by atoms with Crippen molar-refractivity contribution in [3.8, 4) is 5.75 Å². The summed E-state index contributed by atoms with van der Waals surface area (Å²) in [5, 5.41) is 2.87. The molecule has 9 nitrogen and oxygen atoms in total. The molecule has 0 spiro atoms. The van der Waals surface area contributed by atoms with E-state index in [1.165, 1.54) is 23.5 Å². The zero-order valence-corrected chi connectivity index (χ0v) is 20.7. The van der Waals surface area contributed by atoms with Gasteiger partial charge in [0.25, 0.3) is 0 Å². The van der Waals surface area contributed by atoms with Gasteiger partial charge in [-0.25, -0.2) is 13.2 Å². The standard InChI is InChI=1S/C23H35N3O6S/c1-23(2,3)32-22(28)24-18-11-14-25(15-12-18)21(27)17-6-5-13-26(16-17)33(29,30)20-9-7-19(31-4)8-10-20/h7-10,17-18H,5-6,11-16H2,1-4H3,(H,24,28). The summed E-state index contributed by atoms with van der Waals surface area (Å²) in [5.41, 5.74) is -0.556. The number of sulfonamides is 1. The summed E-state index contributed by atoms with van der Waals surface area (Å²) < 4.78 is 38.0. The van der Waals surface area contributed by atoms with Crippen molar-refractivity contribution in [3.05, 3.63) is 24.3 Å². The molecule has 33 heavy (non-hydrogen) atoms. The number of piperidine rings is 2. The molecule has 2 amide bonds. The number of ether oxygens (including phenoxy) is 2. The Labute approximate surface area is 196 Å². The lowest BCUT2D eigenvalue weighted by Crippen LogP contribution is -2.51. The van der Waals surface area contributed by atoms with Crippen LogP contribution in [0.4, 0.5) is 4.79 Å². The normalized spacial score (nSPS) is 20.8. The zero-order chi connectivity index (χ0) is 24.2. The molecule has 2 fully saturated rings. The summed E-state index contributed by atoms with van der Waals surface area (Å²) in [4.78, 5) is 27.1. The van der Waals surface area contributed by atoms with Gasteiger partial charge in [-0.1, -0.05) is 0 Å². The minimum Gasteiger partial charge on any atom is -0.497 e. The van der Waals surface area contributed by atoms with Crippen LogP contribution in [0, 0.1) is 5.92 Å². The van der Waals surface area contributed by atoms with E-state index in [9.17, 15) is 18.0 Å². The summed E-state index contributed by atoms with van der Waals surface area (Å²) in [6.45, 7) is 7.09. The number of rotatable bonds is 5. The SMILES string of the molecule is COc1ccc(S(=O)(=O)N2CCCC(C(=O)N3CCC(NC(=O)OC(C)(C)C)CC3)C2)cc1. The molecule has 10 heteroatoms. The number of carbonyl (C=O) groups is 2. The highest BCUT2D eigenvalue weighted by Gasteiger charge is 2.36. The summed E-state index contributed by atoms with van der Waals surface area (Å²) in [5.74, 6) is 0.215. The number of alkyl carbamates (subject to hydrolysis) is 1. The van der Waals surface area contributed by atoms with E-state index >= 15 is 0 Å². The minimum absolute atomic E-state index is 0.0136. The van der Waals surface area contributed by atoms with E-state index in [1.54, 1.807) is 17.0 Å². The predicted molar refractivity (Wildman–Crippen MR) is 123 cm³/mol. The van der Waals surface area contributed by atoms with E-state index in [-0.39, 0.29) is 29.3 Å². The molecule has 1 aromatic rings. The van der Waals surface area contributed by atoms with E-state index in [0.717, 1.165) is 0 Å². The maximum absolute atomic E-state index is 13.1. The second-order valence-corrected chi connectivity index (χ2v) is 11.6. The first-order chi connectivity index (χ1) is 15.5. The number of amides is 2. The lowest BCUT2D eigenvalue weighted by Gasteiger charge is -2.37. The average Bonchev–Trinajstić information content (AvgIpc) is 2.78. The molecule has 0 saturated carbocycles. The molecule has 2 aliphatic heterocycles. The number of hydrogen-bond acceptors (Lipinski definition) is 6. The molecule has 184 valence electrons. The van der Waals surface area contributed by atoms with Gasteiger partial charge in [0.1, 0.15) is 11.4 Å². The molecule has 0 aliphatic carbocycles. The van der Waals surface area contributed by atoms with Gasteiger partial charge in [0.05, 0.1) is 17.9 Å². The van der Waals surface area contributed by atoms with E-state index in [4.69, 9.17) is 9.47 Å². The smallest absolute Gasteiger partial charge is 0.407 e. The van der Waals surface area contributed by atoms with Gasteiger partial charge in [0.2, 0.25) is 15.9 Å². The number of nitrogens with one attached hydrogen (secondary N) is 1. The number of hydrogen-bond donors (Lipinski definition) is 1. The Bertz CT molecular complexity index is 934. The van der Waals surface area contributed by atoms with E-state index in [1.807, 2.05) is 20.8 Å². The molecule has 0 radical (unpaired) electrons. The van der Waals surface area contributed by atoms with Crippen molar-refractivity contribution in [2.24, 2.45) is 5.92 Å². The Balaban J connectivity index is 1.55. The first-order valence-corrected chi connectivity index (χ1v) is 12.9. The Morgan fingerprint density at radius 1 is 1.03 bits per heavy atom. The summed E-state index contributed by atoms with van der Waals surface area (Å²) >= 11 is 0. The molecule has 0 aromatic heterocycles. The van der Waals surface area contributed by atoms with Crippen molar-refractivity contribution in [1.82, 2.24) is 14.5 Å². The largest absolute Gasteiger partial charge is 0.497 e. The second kappa shape index (κ2) is 10.3. The van der Waals surface area contributed by atoms with Crippen molar-refractivity contribution < 1.29 is 27.5 Å². The zero-order valence-electron chi connectivity index (χ0n) is 19.9. The predicted octanol–water partition coefficient (Wildman–Crippen LogP) is 2.61. The van der Waals surface area contributed by atoms with Crippen LogP contribution in [-0.4, -0.2) is 74.6 Å². The van der Waals surface area contributed by atoms with Crippen LogP contribution in [0.5, 0.6) is 5.75 Å². The molecule has 2 heterocycles. The Morgan fingerprint density at radius 3 is 2.24 bits per heavy atom. The first-order valence-electron chi connectivity index (χ1n) is 11.4. The highest BCUT2D eigenvalue weighted by Crippen LogP contribution is 2.27. The fourth-order valence-corrected chi connectivity index (χ4v) is 5.76. The molecular weight excluding hydrogens is 446 g/mol. The van der Waals surface area contributed by atoms with Crippen LogP contribution in [-0.2, 0) is 19.6 Å². The topological polar surface area (TPSA) is 105 Å². The van der Waals surface area contributed by atoms with Crippen LogP contribution < -0.4 is 10.1 Å². The van der Waals surface area contributed by atoms with E-state index < -0.39 is 21.7 Å². The molecule has 1 unspecified atom stereocenters. The number of methoxy groups -OCH3 is 1. The van der Waals surface area contributed by atoms with Crippen LogP contribution in [0.2, 0.25) is 0 Å². The Kier molecular flexibility index (Phi) is 7.89. The summed E-state index contributed by atoms with van der Waals surface area (Å²) in [6.07, 6.45) is 2.15. The summed E-state index contributed by atoms with van der Waals surface area (Å²) in [7, 11) is -2.15. The van der Waals surface area contributed by atoms with Gasteiger partial charge in [0, 0.05) is 32.2 Å². The van der Waals surface area contributed by atoms with Gasteiger partial charge in [-0.2, -0.15) is 4.31 Å². The maximum Gasteiger partial charge on any atom is 0.407 e.